The average Bonchev–Trinajstić information content (AvgIpc) is 2.83. The summed E-state index contributed by atoms with van der Waals surface area (Å²) in [5.41, 5.74) is 2.36. The summed E-state index contributed by atoms with van der Waals surface area (Å²) in [6, 6.07) is 13.7. The van der Waals surface area contributed by atoms with Crippen molar-refractivity contribution in [3.8, 4) is 0 Å². The Morgan fingerprint density at radius 1 is 0.949 bits per heavy atom. The maximum Gasteiger partial charge on any atom is 0.408 e. The lowest BCUT2D eigenvalue weighted by molar-refractivity contribution is -0.148. The highest BCUT2D eigenvalue weighted by molar-refractivity contribution is 7.98. The normalized spacial score (nSPS) is 13.3. The molecule has 2 rings (SSSR count). The highest BCUT2D eigenvalue weighted by atomic mass is 32.2. The molecule has 0 saturated heterocycles. The molecule has 214 valence electrons. The molecule has 0 saturated carbocycles. The molecule has 0 aromatic heterocycles. The van der Waals surface area contributed by atoms with E-state index in [1.165, 1.54) is 0 Å². The second-order valence-electron chi connectivity index (χ2n) is 11.8. The van der Waals surface area contributed by atoms with E-state index in [-0.39, 0.29) is 11.8 Å². The quantitative estimate of drug-likeness (QED) is 0.379. The first-order valence-corrected chi connectivity index (χ1v) is 14.7. The number of rotatable bonds is 10. The standard InChI is InChI=1S/C31H45N3O4S/c1-21-15-16-24(19-22(21)2)26(27(35)32-20-23-13-11-10-12-14-23)34(30(3,4)5)28(36)25(17-18-39-9)33-29(37)38-31(6,7)8/h10-16,19,25-26H,17-18,20H2,1-9H3,(H,32,35)(H,33,37). The molecule has 0 aliphatic heterocycles. The molecule has 2 unspecified atom stereocenters. The molecule has 0 radical (unpaired) electrons. The molecule has 39 heavy (non-hydrogen) atoms. The number of alkyl carbamates (subject to hydrolysis) is 1. The van der Waals surface area contributed by atoms with Gasteiger partial charge < -0.3 is 20.3 Å². The van der Waals surface area contributed by atoms with Crippen molar-refractivity contribution in [2.45, 2.75) is 91.6 Å². The number of carbonyl (C=O) groups is 3. The molecule has 2 N–H and O–H groups in total. The maximum atomic E-state index is 14.3. The number of amides is 3. The molecule has 0 aliphatic rings. The Kier molecular flexibility index (Phi) is 11.5. The van der Waals surface area contributed by atoms with Crippen molar-refractivity contribution in [2.24, 2.45) is 0 Å². The Hall–Kier alpha value is -3.00. The first-order chi connectivity index (χ1) is 18.1. The Balaban J connectivity index is 2.53. The van der Waals surface area contributed by atoms with Gasteiger partial charge in [-0.15, -0.1) is 0 Å². The minimum atomic E-state index is -0.905. The molecule has 0 heterocycles. The number of hydrogen-bond acceptors (Lipinski definition) is 5. The fraction of sp³-hybridized carbons (Fsp3) is 0.516. The summed E-state index contributed by atoms with van der Waals surface area (Å²) < 4.78 is 5.47. The SMILES string of the molecule is CSCCC(NC(=O)OC(C)(C)C)C(=O)N(C(C(=O)NCc1ccccc1)c1ccc(C)c(C)c1)C(C)(C)C. The lowest BCUT2D eigenvalue weighted by Crippen LogP contribution is -2.58. The second kappa shape index (κ2) is 13.9. The van der Waals surface area contributed by atoms with Gasteiger partial charge in [0.05, 0.1) is 0 Å². The number of thioether (sulfide) groups is 1. The smallest absolute Gasteiger partial charge is 0.408 e. The van der Waals surface area contributed by atoms with Crippen LogP contribution in [0.15, 0.2) is 48.5 Å². The molecule has 7 nitrogen and oxygen atoms in total. The maximum absolute atomic E-state index is 14.3. The molecule has 2 aromatic carbocycles. The predicted octanol–water partition coefficient (Wildman–Crippen LogP) is 5.93. The van der Waals surface area contributed by atoms with Crippen molar-refractivity contribution in [1.29, 1.82) is 0 Å². The fourth-order valence-electron chi connectivity index (χ4n) is 4.19. The largest absolute Gasteiger partial charge is 0.444 e. The van der Waals surface area contributed by atoms with Crippen LogP contribution in [0, 0.1) is 13.8 Å². The van der Waals surface area contributed by atoms with Crippen LogP contribution in [0.3, 0.4) is 0 Å². The van der Waals surface area contributed by atoms with Gasteiger partial charge in [0.25, 0.3) is 0 Å². The van der Waals surface area contributed by atoms with E-state index in [1.807, 2.05) is 89.4 Å². The number of nitrogens with one attached hydrogen (secondary N) is 2. The molecule has 0 bridgehead atoms. The minimum absolute atomic E-state index is 0.286. The Bertz CT molecular complexity index is 1120. The van der Waals surface area contributed by atoms with Crippen LogP contribution in [-0.2, 0) is 20.9 Å². The summed E-state index contributed by atoms with van der Waals surface area (Å²) in [5.74, 6) is 0.0327. The molecule has 0 aliphatic carbocycles. The van der Waals surface area contributed by atoms with Gasteiger partial charge in [-0.1, -0.05) is 48.5 Å². The van der Waals surface area contributed by atoms with Crippen molar-refractivity contribution < 1.29 is 19.1 Å². The summed E-state index contributed by atoms with van der Waals surface area (Å²) in [5, 5.41) is 5.83. The summed E-state index contributed by atoms with van der Waals surface area (Å²) in [7, 11) is 0. The second-order valence-corrected chi connectivity index (χ2v) is 12.8. The molecule has 0 fully saturated rings. The van der Waals surface area contributed by atoms with E-state index < -0.39 is 29.3 Å². The van der Waals surface area contributed by atoms with E-state index >= 15 is 0 Å². The highest BCUT2D eigenvalue weighted by Gasteiger charge is 2.41. The van der Waals surface area contributed by atoms with Crippen LogP contribution in [-0.4, -0.2) is 52.0 Å². The van der Waals surface area contributed by atoms with E-state index in [9.17, 15) is 14.4 Å². The van der Waals surface area contributed by atoms with Crippen molar-refractivity contribution in [1.82, 2.24) is 15.5 Å². The third kappa shape index (κ3) is 9.92. The third-order valence-electron chi connectivity index (χ3n) is 6.22. The van der Waals surface area contributed by atoms with Crippen LogP contribution in [0.2, 0.25) is 0 Å². The van der Waals surface area contributed by atoms with E-state index in [4.69, 9.17) is 4.74 Å². The van der Waals surface area contributed by atoms with Crippen LogP contribution in [0.4, 0.5) is 4.79 Å². The Morgan fingerprint density at radius 2 is 1.59 bits per heavy atom. The van der Waals surface area contributed by atoms with E-state index in [1.54, 1.807) is 37.4 Å². The third-order valence-corrected chi connectivity index (χ3v) is 6.87. The number of hydrogen-bond donors (Lipinski definition) is 2. The number of ether oxygens (including phenoxy) is 1. The van der Waals surface area contributed by atoms with Crippen molar-refractivity contribution >= 4 is 29.7 Å². The Morgan fingerprint density at radius 3 is 2.13 bits per heavy atom. The lowest BCUT2D eigenvalue weighted by Gasteiger charge is -2.43. The molecular formula is C31H45N3O4S. The van der Waals surface area contributed by atoms with Crippen LogP contribution in [0.25, 0.3) is 0 Å². The predicted molar refractivity (Wildman–Crippen MR) is 160 cm³/mol. The number of carbonyl (C=O) groups excluding carboxylic acids is 3. The summed E-state index contributed by atoms with van der Waals surface area (Å²) >= 11 is 1.59. The minimum Gasteiger partial charge on any atom is -0.444 e. The van der Waals surface area contributed by atoms with Gasteiger partial charge in [-0.25, -0.2) is 4.79 Å². The van der Waals surface area contributed by atoms with Gasteiger partial charge in [-0.2, -0.15) is 11.8 Å². The van der Waals surface area contributed by atoms with Gasteiger partial charge in [0.1, 0.15) is 17.7 Å². The Labute approximate surface area is 238 Å². The van der Waals surface area contributed by atoms with Gasteiger partial charge in [0, 0.05) is 12.1 Å². The molecule has 3 amide bonds. The summed E-state index contributed by atoms with van der Waals surface area (Å²) in [4.78, 5) is 42.6. The monoisotopic (exact) mass is 555 g/mol. The average molecular weight is 556 g/mol. The molecular weight excluding hydrogens is 510 g/mol. The van der Waals surface area contributed by atoms with Gasteiger partial charge in [-0.3, -0.25) is 9.59 Å². The first-order valence-electron chi connectivity index (χ1n) is 13.3. The zero-order valence-electron chi connectivity index (χ0n) is 24.9. The zero-order valence-corrected chi connectivity index (χ0v) is 25.7. The van der Waals surface area contributed by atoms with Gasteiger partial charge in [0.15, 0.2) is 0 Å². The molecule has 2 aromatic rings. The lowest BCUT2D eigenvalue weighted by atomic mass is 9.93. The van der Waals surface area contributed by atoms with E-state index in [2.05, 4.69) is 10.6 Å². The van der Waals surface area contributed by atoms with Crippen molar-refractivity contribution in [3.63, 3.8) is 0 Å². The van der Waals surface area contributed by atoms with Crippen LogP contribution >= 0.6 is 11.8 Å². The topological polar surface area (TPSA) is 87.7 Å². The van der Waals surface area contributed by atoms with Gasteiger partial charge in [-0.05, 0) is 96.1 Å². The van der Waals surface area contributed by atoms with Gasteiger partial charge in [0.2, 0.25) is 11.8 Å². The fourth-order valence-corrected chi connectivity index (χ4v) is 4.66. The van der Waals surface area contributed by atoms with E-state index in [0.29, 0.717) is 24.3 Å². The van der Waals surface area contributed by atoms with Crippen LogP contribution in [0.5, 0.6) is 0 Å². The van der Waals surface area contributed by atoms with Crippen LogP contribution in [0.1, 0.15) is 76.3 Å². The highest BCUT2D eigenvalue weighted by Crippen LogP contribution is 2.31. The van der Waals surface area contributed by atoms with Crippen LogP contribution < -0.4 is 10.6 Å². The molecule has 8 heteroatoms. The summed E-state index contributed by atoms with van der Waals surface area (Å²) in [6.07, 6.45) is 1.69. The van der Waals surface area contributed by atoms with Gasteiger partial charge >= 0.3 is 6.09 Å². The number of nitrogens with zero attached hydrogens (tertiary/aromatic N) is 1. The number of benzene rings is 2. The first kappa shape index (κ1) is 32.2. The zero-order chi connectivity index (χ0) is 29.4. The summed E-state index contributed by atoms with van der Waals surface area (Å²) in [6.45, 7) is 15.4. The molecule has 2 atom stereocenters. The number of aryl methyl sites for hydroxylation is 2. The van der Waals surface area contributed by atoms with E-state index in [0.717, 1.165) is 16.7 Å². The molecule has 0 spiro atoms. The van der Waals surface area contributed by atoms with Crippen molar-refractivity contribution in [3.05, 3.63) is 70.8 Å². The van der Waals surface area contributed by atoms with Crippen molar-refractivity contribution in [2.75, 3.05) is 12.0 Å².